The molecule has 0 spiro atoms. The third kappa shape index (κ3) is 5.52. The lowest BCUT2D eigenvalue weighted by molar-refractivity contribution is -0.115. The van der Waals surface area contributed by atoms with Gasteiger partial charge >= 0.3 is 0 Å². The van der Waals surface area contributed by atoms with Gasteiger partial charge in [-0.05, 0) is 18.1 Å². The third-order valence-corrected chi connectivity index (χ3v) is 4.67. The van der Waals surface area contributed by atoms with Gasteiger partial charge in [-0.25, -0.2) is 4.98 Å². The molecule has 1 heterocycles. The third-order valence-electron chi connectivity index (χ3n) is 3.76. The van der Waals surface area contributed by atoms with Crippen molar-refractivity contribution >= 4 is 22.4 Å². The fourth-order valence-corrected chi connectivity index (χ4v) is 3.30. The van der Waals surface area contributed by atoms with E-state index in [0.717, 1.165) is 16.9 Å². The lowest BCUT2D eigenvalue weighted by atomic mass is 10.1. The van der Waals surface area contributed by atoms with Crippen molar-refractivity contribution in [2.45, 2.75) is 19.9 Å². The number of thiazole rings is 1. The highest BCUT2D eigenvalue weighted by molar-refractivity contribution is 7.15. The van der Waals surface area contributed by atoms with E-state index < -0.39 is 0 Å². The normalized spacial score (nSPS) is 10.6. The number of aryl methyl sites for hydroxylation is 1. The Morgan fingerprint density at radius 2 is 1.80 bits per heavy atom. The highest BCUT2D eigenvalue weighted by Gasteiger charge is 2.07. The zero-order chi connectivity index (χ0) is 17.5. The first-order chi connectivity index (χ1) is 12.2. The Morgan fingerprint density at radius 1 is 1.04 bits per heavy atom. The van der Waals surface area contributed by atoms with Gasteiger partial charge in [0.05, 0.1) is 6.54 Å². The van der Waals surface area contributed by atoms with Crippen LogP contribution in [-0.2, 0) is 17.8 Å². The minimum atomic E-state index is -0.0767. The number of amides is 1. The SMILES string of the molecule is Cc1ccc(Cc2cnc(NC(=O)CNCc3ccccc3)s2)cc1. The van der Waals surface area contributed by atoms with Gasteiger partial charge in [0.2, 0.25) is 5.91 Å². The van der Waals surface area contributed by atoms with Crippen molar-refractivity contribution in [3.63, 3.8) is 0 Å². The number of hydrogen-bond acceptors (Lipinski definition) is 4. The van der Waals surface area contributed by atoms with E-state index >= 15 is 0 Å². The molecular formula is C20H21N3OS. The molecule has 2 N–H and O–H groups in total. The van der Waals surface area contributed by atoms with E-state index in [9.17, 15) is 4.79 Å². The van der Waals surface area contributed by atoms with E-state index in [0.29, 0.717) is 11.7 Å². The van der Waals surface area contributed by atoms with Gasteiger partial charge in [0.1, 0.15) is 0 Å². The summed E-state index contributed by atoms with van der Waals surface area (Å²) in [6.07, 6.45) is 2.66. The topological polar surface area (TPSA) is 54.0 Å². The number of benzene rings is 2. The monoisotopic (exact) mass is 351 g/mol. The second-order valence-corrected chi connectivity index (χ2v) is 7.05. The average Bonchev–Trinajstić information content (AvgIpc) is 3.05. The van der Waals surface area contributed by atoms with Gasteiger partial charge in [-0.1, -0.05) is 60.2 Å². The summed E-state index contributed by atoms with van der Waals surface area (Å²) < 4.78 is 0. The molecule has 0 aliphatic rings. The van der Waals surface area contributed by atoms with Crippen LogP contribution in [0, 0.1) is 6.92 Å². The van der Waals surface area contributed by atoms with Crippen LogP contribution in [0.15, 0.2) is 60.8 Å². The summed E-state index contributed by atoms with van der Waals surface area (Å²) in [5.41, 5.74) is 3.66. The van der Waals surface area contributed by atoms with Gasteiger partial charge in [-0.15, -0.1) is 11.3 Å². The quantitative estimate of drug-likeness (QED) is 0.681. The molecule has 4 nitrogen and oxygen atoms in total. The van der Waals surface area contributed by atoms with Crippen molar-refractivity contribution in [2.75, 3.05) is 11.9 Å². The molecule has 0 atom stereocenters. The molecule has 128 valence electrons. The summed E-state index contributed by atoms with van der Waals surface area (Å²) in [5.74, 6) is -0.0767. The predicted octanol–water partition coefficient (Wildman–Crippen LogP) is 3.77. The molecule has 0 saturated carbocycles. The van der Waals surface area contributed by atoms with Gasteiger partial charge in [-0.3, -0.25) is 4.79 Å². The van der Waals surface area contributed by atoms with Crippen molar-refractivity contribution in [1.82, 2.24) is 10.3 Å². The van der Waals surface area contributed by atoms with Crippen LogP contribution in [0.4, 0.5) is 5.13 Å². The van der Waals surface area contributed by atoms with Crippen molar-refractivity contribution < 1.29 is 4.79 Å². The lowest BCUT2D eigenvalue weighted by Crippen LogP contribution is -2.27. The summed E-state index contributed by atoms with van der Waals surface area (Å²) in [4.78, 5) is 17.4. The molecule has 0 radical (unpaired) electrons. The number of hydrogen-bond donors (Lipinski definition) is 2. The maximum Gasteiger partial charge on any atom is 0.240 e. The lowest BCUT2D eigenvalue weighted by Gasteiger charge is -2.04. The fraction of sp³-hybridized carbons (Fsp3) is 0.200. The second kappa shape index (κ2) is 8.55. The van der Waals surface area contributed by atoms with Gasteiger partial charge in [0.25, 0.3) is 0 Å². The van der Waals surface area contributed by atoms with E-state index in [1.807, 2.05) is 36.5 Å². The van der Waals surface area contributed by atoms with Crippen LogP contribution in [-0.4, -0.2) is 17.4 Å². The molecule has 0 fully saturated rings. The molecule has 1 aromatic heterocycles. The van der Waals surface area contributed by atoms with E-state index in [2.05, 4.69) is 46.8 Å². The zero-order valence-electron chi connectivity index (χ0n) is 14.2. The first kappa shape index (κ1) is 17.3. The molecule has 25 heavy (non-hydrogen) atoms. The summed E-state index contributed by atoms with van der Waals surface area (Å²) in [6, 6.07) is 18.5. The first-order valence-corrected chi connectivity index (χ1v) is 9.05. The Bertz CT molecular complexity index is 812. The minimum Gasteiger partial charge on any atom is -0.304 e. The fourth-order valence-electron chi connectivity index (χ4n) is 2.43. The molecular weight excluding hydrogens is 330 g/mol. The minimum absolute atomic E-state index is 0.0767. The maximum absolute atomic E-state index is 12.0. The van der Waals surface area contributed by atoms with Gasteiger partial charge in [0.15, 0.2) is 5.13 Å². The summed E-state index contributed by atoms with van der Waals surface area (Å²) in [7, 11) is 0. The Hall–Kier alpha value is -2.50. The van der Waals surface area contributed by atoms with Crippen LogP contribution in [0.5, 0.6) is 0 Å². The molecule has 0 saturated heterocycles. The predicted molar refractivity (Wildman–Crippen MR) is 103 cm³/mol. The van der Waals surface area contributed by atoms with Crippen LogP contribution in [0.2, 0.25) is 0 Å². The number of nitrogens with zero attached hydrogens (tertiary/aromatic N) is 1. The largest absolute Gasteiger partial charge is 0.304 e. The molecule has 0 aliphatic heterocycles. The standard InChI is InChI=1S/C20H21N3OS/c1-15-7-9-16(10-8-15)11-18-13-22-20(25-18)23-19(24)14-21-12-17-5-3-2-4-6-17/h2-10,13,21H,11-12,14H2,1H3,(H,22,23,24). The van der Waals surface area contributed by atoms with Gasteiger partial charge < -0.3 is 10.6 Å². The first-order valence-electron chi connectivity index (χ1n) is 8.24. The van der Waals surface area contributed by atoms with Gasteiger partial charge in [-0.2, -0.15) is 0 Å². The zero-order valence-corrected chi connectivity index (χ0v) is 15.0. The summed E-state index contributed by atoms with van der Waals surface area (Å²) >= 11 is 1.52. The number of carbonyl (C=O) groups is 1. The molecule has 0 aliphatic carbocycles. The average molecular weight is 351 g/mol. The van der Waals surface area contributed by atoms with Crippen LogP contribution < -0.4 is 10.6 Å². The van der Waals surface area contributed by atoms with Gasteiger partial charge in [0, 0.05) is 24.0 Å². The number of nitrogens with one attached hydrogen (secondary N) is 2. The maximum atomic E-state index is 12.0. The number of rotatable bonds is 7. The van der Waals surface area contributed by atoms with Crippen LogP contribution in [0.1, 0.15) is 21.6 Å². The van der Waals surface area contributed by atoms with E-state index in [-0.39, 0.29) is 12.5 Å². The number of aromatic nitrogens is 1. The van der Waals surface area contributed by atoms with E-state index in [1.54, 1.807) is 0 Å². The van der Waals surface area contributed by atoms with Crippen LogP contribution in [0.25, 0.3) is 0 Å². The van der Waals surface area contributed by atoms with Crippen molar-refractivity contribution in [3.05, 3.63) is 82.4 Å². The highest BCUT2D eigenvalue weighted by atomic mass is 32.1. The van der Waals surface area contributed by atoms with Crippen molar-refractivity contribution in [3.8, 4) is 0 Å². The smallest absolute Gasteiger partial charge is 0.240 e. The molecule has 0 bridgehead atoms. The number of anilines is 1. The second-order valence-electron chi connectivity index (χ2n) is 5.93. The molecule has 0 unspecified atom stereocenters. The Kier molecular flexibility index (Phi) is 5.93. The molecule has 3 rings (SSSR count). The Labute approximate surface area is 151 Å². The van der Waals surface area contributed by atoms with Crippen molar-refractivity contribution in [1.29, 1.82) is 0 Å². The molecule has 5 heteroatoms. The van der Waals surface area contributed by atoms with Crippen LogP contribution >= 0.6 is 11.3 Å². The molecule has 1 amide bonds. The van der Waals surface area contributed by atoms with Crippen LogP contribution in [0.3, 0.4) is 0 Å². The Morgan fingerprint density at radius 3 is 2.56 bits per heavy atom. The highest BCUT2D eigenvalue weighted by Crippen LogP contribution is 2.21. The summed E-state index contributed by atoms with van der Waals surface area (Å²) in [6.45, 7) is 3.02. The molecule has 3 aromatic rings. The van der Waals surface area contributed by atoms with Crippen molar-refractivity contribution in [2.24, 2.45) is 0 Å². The molecule has 2 aromatic carbocycles. The Balaban J connectivity index is 1.45. The summed E-state index contributed by atoms with van der Waals surface area (Å²) in [5, 5.41) is 6.63. The van der Waals surface area contributed by atoms with E-state index in [1.165, 1.54) is 22.5 Å². The number of carbonyl (C=O) groups excluding carboxylic acids is 1. The van der Waals surface area contributed by atoms with E-state index in [4.69, 9.17) is 0 Å².